The SMILES string of the molecule is O=C(OCc1ccccc1)c1ccc(-c2ccc(O)cc2)c(F)c1F. The highest BCUT2D eigenvalue weighted by Crippen LogP contribution is 2.28. The Morgan fingerprint density at radius 2 is 1.56 bits per heavy atom. The Labute approximate surface area is 143 Å². The van der Waals surface area contributed by atoms with Crippen molar-refractivity contribution >= 4 is 5.97 Å². The van der Waals surface area contributed by atoms with E-state index in [1.807, 2.05) is 6.07 Å². The van der Waals surface area contributed by atoms with E-state index in [1.54, 1.807) is 24.3 Å². The van der Waals surface area contributed by atoms with Crippen LogP contribution in [0.5, 0.6) is 5.75 Å². The molecule has 126 valence electrons. The van der Waals surface area contributed by atoms with E-state index in [4.69, 9.17) is 4.74 Å². The molecule has 5 heteroatoms. The molecule has 0 saturated heterocycles. The van der Waals surface area contributed by atoms with Crippen LogP contribution in [-0.2, 0) is 11.3 Å². The van der Waals surface area contributed by atoms with Gasteiger partial charge in [-0.05, 0) is 29.3 Å². The van der Waals surface area contributed by atoms with E-state index in [2.05, 4.69) is 0 Å². The van der Waals surface area contributed by atoms with Crippen LogP contribution in [0.1, 0.15) is 15.9 Å². The fourth-order valence-electron chi connectivity index (χ4n) is 2.37. The summed E-state index contributed by atoms with van der Waals surface area (Å²) >= 11 is 0. The van der Waals surface area contributed by atoms with E-state index >= 15 is 0 Å². The minimum Gasteiger partial charge on any atom is -0.508 e. The van der Waals surface area contributed by atoms with Crippen molar-refractivity contribution < 1.29 is 23.4 Å². The van der Waals surface area contributed by atoms with E-state index < -0.39 is 23.2 Å². The predicted octanol–water partition coefficient (Wildman–Crippen LogP) is 4.69. The fourth-order valence-corrected chi connectivity index (χ4v) is 2.37. The van der Waals surface area contributed by atoms with Crippen LogP contribution in [0.4, 0.5) is 8.78 Å². The Kier molecular flexibility index (Phi) is 4.75. The molecular formula is C20H14F2O3. The molecular weight excluding hydrogens is 326 g/mol. The first-order chi connectivity index (χ1) is 12.1. The van der Waals surface area contributed by atoms with Gasteiger partial charge in [-0.25, -0.2) is 13.6 Å². The summed E-state index contributed by atoms with van der Waals surface area (Å²) in [7, 11) is 0. The summed E-state index contributed by atoms with van der Waals surface area (Å²) in [5, 5.41) is 9.27. The van der Waals surface area contributed by atoms with Gasteiger partial charge in [0.25, 0.3) is 0 Å². The molecule has 0 bridgehead atoms. The van der Waals surface area contributed by atoms with Crippen molar-refractivity contribution in [3.63, 3.8) is 0 Å². The molecule has 3 aromatic rings. The normalized spacial score (nSPS) is 10.5. The molecule has 0 spiro atoms. The lowest BCUT2D eigenvalue weighted by Gasteiger charge is -2.09. The molecule has 3 rings (SSSR count). The first kappa shape index (κ1) is 16.6. The fraction of sp³-hybridized carbons (Fsp3) is 0.0500. The van der Waals surface area contributed by atoms with Crippen LogP contribution >= 0.6 is 0 Å². The highest BCUT2D eigenvalue weighted by molar-refractivity contribution is 5.90. The Bertz CT molecular complexity index is 891. The van der Waals surface area contributed by atoms with Gasteiger partial charge in [-0.2, -0.15) is 0 Å². The maximum Gasteiger partial charge on any atom is 0.341 e. The maximum atomic E-state index is 14.3. The van der Waals surface area contributed by atoms with E-state index in [0.29, 0.717) is 5.56 Å². The number of ether oxygens (including phenoxy) is 1. The van der Waals surface area contributed by atoms with Gasteiger partial charge in [0.2, 0.25) is 0 Å². The number of carbonyl (C=O) groups excluding carboxylic acids is 1. The number of benzene rings is 3. The van der Waals surface area contributed by atoms with Crippen molar-refractivity contribution in [2.75, 3.05) is 0 Å². The van der Waals surface area contributed by atoms with Gasteiger partial charge in [0.15, 0.2) is 11.6 Å². The molecule has 0 heterocycles. The molecule has 0 aliphatic rings. The van der Waals surface area contributed by atoms with Gasteiger partial charge < -0.3 is 9.84 Å². The summed E-state index contributed by atoms with van der Waals surface area (Å²) in [6.07, 6.45) is 0. The molecule has 0 amide bonds. The Balaban J connectivity index is 1.82. The summed E-state index contributed by atoms with van der Waals surface area (Å²) in [5.41, 5.74) is 0.670. The summed E-state index contributed by atoms with van der Waals surface area (Å²) in [4.78, 5) is 12.0. The maximum absolute atomic E-state index is 14.3. The zero-order valence-corrected chi connectivity index (χ0v) is 13.1. The molecule has 0 aliphatic carbocycles. The molecule has 25 heavy (non-hydrogen) atoms. The Hall–Kier alpha value is -3.21. The number of esters is 1. The number of phenolic OH excluding ortho intramolecular Hbond substituents is 1. The zero-order valence-electron chi connectivity index (χ0n) is 13.1. The molecule has 0 fully saturated rings. The zero-order chi connectivity index (χ0) is 17.8. The highest BCUT2D eigenvalue weighted by Gasteiger charge is 2.20. The Morgan fingerprint density at radius 1 is 0.880 bits per heavy atom. The third kappa shape index (κ3) is 3.66. The monoisotopic (exact) mass is 340 g/mol. The van der Waals surface area contributed by atoms with Crippen molar-refractivity contribution in [3.8, 4) is 16.9 Å². The number of aromatic hydroxyl groups is 1. The lowest BCUT2D eigenvalue weighted by molar-refractivity contribution is 0.0466. The second-order valence-electron chi connectivity index (χ2n) is 5.40. The molecule has 0 saturated carbocycles. The number of hydrogen-bond acceptors (Lipinski definition) is 3. The molecule has 1 N–H and O–H groups in total. The van der Waals surface area contributed by atoms with Crippen LogP contribution in [0.15, 0.2) is 66.7 Å². The van der Waals surface area contributed by atoms with Crippen molar-refractivity contribution in [2.24, 2.45) is 0 Å². The van der Waals surface area contributed by atoms with Crippen LogP contribution in [0.3, 0.4) is 0 Å². The number of phenols is 1. The second kappa shape index (κ2) is 7.13. The van der Waals surface area contributed by atoms with Gasteiger partial charge in [-0.1, -0.05) is 48.5 Å². The van der Waals surface area contributed by atoms with Gasteiger partial charge >= 0.3 is 5.97 Å². The van der Waals surface area contributed by atoms with Crippen molar-refractivity contribution in [1.29, 1.82) is 0 Å². The third-order valence-corrected chi connectivity index (χ3v) is 3.69. The smallest absolute Gasteiger partial charge is 0.341 e. The molecule has 0 atom stereocenters. The molecule has 0 aromatic heterocycles. The Morgan fingerprint density at radius 3 is 2.24 bits per heavy atom. The van der Waals surface area contributed by atoms with Gasteiger partial charge in [0.1, 0.15) is 12.4 Å². The van der Waals surface area contributed by atoms with Crippen LogP contribution in [0, 0.1) is 11.6 Å². The first-order valence-corrected chi connectivity index (χ1v) is 7.54. The lowest BCUT2D eigenvalue weighted by Crippen LogP contribution is -2.09. The number of carbonyl (C=O) groups is 1. The summed E-state index contributed by atoms with van der Waals surface area (Å²) < 4.78 is 33.6. The number of halogens is 2. The largest absolute Gasteiger partial charge is 0.508 e. The minimum atomic E-state index is -1.26. The average molecular weight is 340 g/mol. The van der Waals surface area contributed by atoms with Crippen LogP contribution in [0.2, 0.25) is 0 Å². The average Bonchev–Trinajstić information content (AvgIpc) is 2.64. The molecule has 3 nitrogen and oxygen atoms in total. The van der Waals surface area contributed by atoms with E-state index in [1.165, 1.54) is 36.4 Å². The molecule has 0 aliphatic heterocycles. The van der Waals surface area contributed by atoms with Gasteiger partial charge in [-0.15, -0.1) is 0 Å². The van der Waals surface area contributed by atoms with E-state index in [9.17, 15) is 18.7 Å². The molecule has 0 unspecified atom stereocenters. The quantitative estimate of drug-likeness (QED) is 0.701. The summed E-state index contributed by atoms with van der Waals surface area (Å²) in [6.45, 7) is -0.0273. The summed E-state index contributed by atoms with van der Waals surface area (Å²) in [6, 6.07) is 17.1. The topological polar surface area (TPSA) is 46.5 Å². The van der Waals surface area contributed by atoms with Crippen LogP contribution in [0.25, 0.3) is 11.1 Å². The van der Waals surface area contributed by atoms with Gasteiger partial charge in [-0.3, -0.25) is 0 Å². The van der Waals surface area contributed by atoms with Crippen LogP contribution in [-0.4, -0.2) is 11.1 Å². The van der Waals surface area contributed by atoms with Crippen LogP contribution < -0.4 is 0 Å². The summed E-state index contributed by atoms with van der Waals surface area (Å²) in [5.74, 6) is -3.31. The second-order valence-corrected chi connectivity index (χ2v) is 5.40. The number of hydrogen-bond donors (Lipinski definition) is 1. The highest BCUT2D eigenvalue weighted by atomic mass is 19.2. The van der Waals surface area contributed by atoms with E-state index in [-0.39, 0.29) is 17.9 Å². The van der Waals surface area contributed by atoms with E-state index in [0.717, 1.165) is 5.56 Å². The molecule has 0 radical (unpaired) electrons. The third-order valence-electron chi connectivity index (χ3n) is 3.69. The minimum absolute atomic E-state index is 0.00268. The van der Waals surface area contributed by atoms with Crippen molar-refractivity contribution in [3.05, 3.63) is 89.5 Å². The van der Waals surface area contributed by atoms with Crippen molar-refractivity contribution in [1.82, 2.24) is 0 Å². The van der Waals surface area contributed by atoms with Gasteiger partial charge in [0, 0.05) is 5.56 Å². The first-order valence-electron chi connectivity index (χ1n) is 7.54. The number of rotatable bonds is 4. The predicted molar refractivity (Wildman–Crippen MR) is 89.0 cm³/mol. The molecule has 3 aromatic carbocycles. The van der Waals surface area contributed by atoms with Crippen molar-refractivity contribution in [2.45, 2.75) is 6.61 Å². The standard InChI is InChI=1S/C20H14F2O3/c21-18-16(14-6-8-15(23)9-7-14)10-11-17(19(18)22)20(24)25-12-13-4-2-1-3-5-13/h1-11,23H,12H2. The lowest BCUT2D eigenvalue weighted by atomic mass is 10.0. The van der Waals surface area contributed by atoms with Gasteiger partial charge in [0.05, 0.1) is 5.56 Å².